The quantitative estimate of drug-likeness (QED) is 0.214. The van der Waals surface area contributed by atoms with Gasteiger partial charge >= 0.3 is 5.97 Å². The van der Waals surface area contributed by atoms with Crippen molar-refractivity contribution in [3.05, 3.63) is 82.9 Å². The molecule has 3 aromatic heterocycles. The van der Waals surface area contributed by atoms with Crippen LogP contribution in [-0.2, 0) is 17.8 Å². The summed E-state index contributed by atoms with van der Waals surface area (Å²) in [5.41, 5.74) is 2.66. The van der Waals surface area contributed by atoms with Crippen LogP contribution in [0.25, 0.3) is 11.0 Å². The number of aromatic nitrogens is 3. The maximum atomic E-state index is 12.2. The highest BCUT2D eigenvalue weighted by Crippen LogP contribution is 2.44. The Bertz CT molecular complexity index is 1430. The SMILES string of the molecule is CC(Oc1cnc2c(c1)c(SC(C)(C)C)c(CC(C)(C)C(=O)O)n2Cc1ccc(Cl)cc1)c1ccccn1. The van der Waals surface area contributed by atoms with Gasteiger partial charge < -0.3 is 14.4 Å². The number of carboxylic acid groups (broad SMARTS) is 1. The monoisotopic (exact) mass is 551 g/mol. The molecule has 1 aromatic carbocycles. The summed E-state index contributed by atoms with van der Waals surface area (Å²) < 4.78 is 8.29. The summed E-state index contributed by atoms with van der Waals surface area (Å²) in [6.07, 6.45) is 3.58. The Kier molecular flexibility index (Phi) is 8.09. The summed E-state index contributed by atoms with van der Waals surface area (Å²) in [4.78, 5) is 22.5. The minimum Gasteiger partial charge on any atom is -0.483 e. The van der Waals surface area contributed by atoms with E-state index in [-0.39, 0.29) is 10.9 Å². The van der Waals surface area contributed by atoms with E-state index in [1.165, 1.54) is 0 Å². The van der Waals surface area contributed by atoms with Crippen molar-refractivity contribution >= 4 is 40.4 Å². The molecule has 3 heterocycles. The third-order valence-corrected chi connectivity index (χ3v) is 7.72. The first-order valence-corrected chi connectivity index (χ1v) is 13.8. The standard InChI is InChI=1S/C30H34ClN3O3S/c1-19(24-9-7-8-14-32-24)37-22-15-23-26(38-29(2,3)4)25(16-30(5,6)28(35)36)34(27(23)33-17-22)18-20-10-12-21(31)13-11-20/h7-15,17,19H,16,18H2,1-6H3,(H,35,36). The summed E-state index contributed by atoms with van der Waals surface area (Å²) in [5.74, 6) is -0.201. The average molecular weight is 552 g/mol. The molecule has 0 aliphatic carbocycles. The number of halogens is 1. The summed E-state index contributed by atoms with van der Waals surface area (Å²) in [7, 11) is 0. The lowest BCUT2D eigenvalue weighted by Gasteiger charge is -2.24. The third-order valence-electron chi connectivity index (χ3n) is 6.20. The molecule has 0 spiro atoms. The molecule has 4 rings (SSSR count). The lowest BCUT2D eigenvalue weighted by atomic mass is 9.88. The van der Waals surface area contributed by atoms with Gasteiger partial charge in [0.2, 0.25) is 0 Å². The van der Waals surface area contributed by atoms with Crippen molar-refractivity contribution < 1.29 is 14.6 Å². The fourth-order valence-corrected chi connectivity index (χ4v) is 5.50. The van der Waals surface area contributed by atoms with Crippen molar-refractivity contribution in [2.24, 2.45) is 5.41 Å². The number of fused-ring (bicyclic) bond motifs is 1. The van der Waals surface area contributed by atoms with Crippen LogP contribution in [-0.4, -0.2) is 30.4 Å². The van der Waals surface area contributed by atoms with Gasteiger partial charge in [-0.15, -0.1) is 11.8 Å². The maximum Gasteiger partial charge on any atom is 0.309 e. The van der Waals surface area contributed by atoms with E-state index in [4.69, 9.17) is 21.3 Å². The molecule has 0 saturated heterocycles. The normalized spacial score (nSPS) is 13.0. The molecule has 0 fully saturated rings. The van der Waals surface area contributed by atoms with Crippen LogP contribution >= 0.6 is 23.4 Å². The van der Waals surface area contributed by atoms with E-state index in [2.05, 4.69) is 30.3 Å². The van der Waals surface area contributed by atoms with E-state index in [1.807, 2.05) is 55.5 Å². The number of rotatable bonds is 9. The van der Waals surface area contributed by atoms with E-state index >= 15 is 0 Å². The molecule has 0 aliphatic rings. The molecule has 1 N–H and O–H groups in total. The van der Waals surface area contributed by atoms with Crippen LogP contribution in [0.2, 0.25) is 5.02 Å². The molecule has 200 valence electrons. The molecule has 6 nitrogen and oxygen atoms in total. The van der Waals surface area contributed by atoms with E-state index < -0.39 is 11.4 Å². The Morgan fingerprint density at radius 3 is 2.42 bits per heavy atom. The van der Waals surface area contributed by atoms with E-state index in [0.717, 1.165) is 32.9 Å². The fourth-order valence-electron chi connectivity index (χ4n) is 4.20. The Morgan fingerprint density at radius 1 is 1.11 bits per heavy atom. The van der Waals surface area contributed by atoms with Crippen LogP contribution in [0.4, 0.5) is 0 Å². The van der Waals surface area contributed by atoms with E-state index in [9.17, 15) is 9.90 Å². The van der Waals surface area contributed by atoms with Crippen LogP contribution in [0.5, 0.6) is 5.75 Å². The molecule has 4 aromatic rings. The van der Waals surface area contributed by atoms with Gasteiger partial charge in [-0.05, 0) is 56.7 Å². The van der Waals surface area contributed by atoms with Crippen molar-refractivity contribution in [1.29, 1.82) is 0 Å². The second kappa shape index (κ2) is 11.0. The summed E-state index contributed by atoms with van der Waals surface area (Å²) >= 11 is 7.86. The van der Waals surface area contributed by atoms with Gasteiger partial charge in [0, 0.05) is 44.9 Å². The number of thioether (sulfide) groups is 1. The predicted molar refractivity (Wildman–Crippen MR) is 154 cm³/mol. The number of pyridine rings is 2. The van der Waals surface area contributed by atoms with Gasteiger partial charge in [0.15, 0.2) is 0 Å². The third kappa shape index (κ3) is 6.51. The summed E-state index contributed by atoms with van der Waals surface area (Å²) in [6.45, 7) is 12.5. The second-order valence-corrected chi connectivity index (χ2v) is 13.4. The Balaban J connectivity index is 1.88. The van der Waals surface area contributed by atoms with Crippen molar-refractivity contribution in [3.8, 4) is 5.75 Å². The molecule has 0 radical (unpaired) electrons. The van der Waals surface area contributed by atoms with Crippen molar-refractivity contribution in [2.45, 2.75) is 70.3 Å². The molecule has 1 unspecified atom stereocenters. The predicted octanol–water partition coefficient (Wildman–Crippen LogP) is 7.82. The number of aliphatic carboxylic acids is 1. The first-order chi connectivity index (χ1) is 17.8. The molecular weight excluding hydrogens is 518 g/mol. The number of ether oxygens (including phenoxy) is 1. The fraction of sp³-hybridized carbons (Fsp3) is 0.367. The molecule has 0 saturated carbocycles. The highest BCUT2D eigenvalue weighted by Gasteiger charge is 2.33. The highest BCUT2D eigenvalue weighted by molar-refractivity contribution is 8.00. The number of carbonyl (C=O) groups is 1. The van der Waals surface area contributed by atoms with Gasteiger partial charge in [0.05, 0.1) is 17.3 Å². The topological polar surface area (TPSA) is 77.2 Å². The van der Waals surface area contributed by atoms with Gasteiger partial charge in [-0.3, -0.25) is 9.78 Å². The zero-order valence-electron chi connectivity index (χ0n) is 22.7. The van der Waals surface area contributed by atoms with Gasteiger partial charge in [-0.2, -0.15) is 0 Å². The van der Waals surface area contributed by atoms with Crippen LogP contribution < -0.4 is 4.74 Å². The Morgan fingerprint density at radius 2 is 1.82 bits per heavy atom. The maximum absolute atomic E-state index is 12.2. The zero-order valence-corrected chi connectivity index (χ0v) is 24.2. The highest BCUT2D eigenvalue weighted by atomic mass is 35.5. The number of benzene rings is 1. The summed E-state index contributed by atoms with van der Waals surface area (Å²) in [5, 5.41) is 11.6. The number of hydrogen-bond donors (Lipinski definition) is 1. The minimum atomic E-state index is -0.966. The molecule has 1 atom stereocenters. The van der Waals surface area contributed by atoms with Gasteiger partial charge in [-0.1, -0.05) is 50.6 Å². The first kappa shape index (κ1) is 28.0. The largest absolute Gasteiger partial charge is 0.483 e. The van der Waals surface area contributed by atoms with Gasteiger partial charge in [-0.25, -0.2) is 4.98 Å². The van der Waals surface area contributed by atoms with Gasteiger partial charge in [0.1, 0.15) is 17.5 Å². The lowest BCUT2D eigenvalue weighted by molar-refractivity contribution is -0.146. The molecule has 8 heteroatoms. The van der Waals surface area contributed by atoms with E-state index in [1.54, 1.807) is 38.0 Å². The lowest BCUT2D eigenvalue weighted by Crippen LogP contribution is -2.28. The first-order valence-electron chi connectivity index (χ1n) is 12.6. The van der Waals surface area contributed by atoms with Crippen LogP contribution in [0.3, 0.4) is 0 Å². The molecule has 0 bridgehead atoms. The molecule has 38 heavy (non-hydrogen) atoms. The zero-order chi connectivity index (χ0) is 27.7. The van der Waals surface area contributed by atoms with Crippen molar-refractivity contribution in [3.63, 3.8) is 0 Å². The number of nitrogens with zero attached hydrogens (tertiary/aromatic N) is 3. The number of carboxylic acids is 1. The second-order valence-electron chi connectivity index (χ2n) is 11.1. The summed E-state index contributed by atoms with van der Waals surface area (Å²) in [6, 6.07) is 15.5. The van der Waals surface area contributed by atoms with Gasteiger partial charge in [0.25, 0.3) is 0 Å². The van der Waals surface area contributed by atoms with Crippen LogP contribution in [0, 0.1) is 5.41 Å². The smallest absolute Gasteiger partial charge is 0.309 e. The van der Waals surface area contributed by atoms with Crippen molar-refractivity contribution in [2.75, 3.05) is 0 Å². The average Bonchev–Trinajstić information content (AvgIpc) is 3.10. The Labute approximate surface area is 233 Å². The molecule has 0 amide bonds. The van der Waals surface area contributed by atoms with Crippen LogP contribution in [0.1, 0.15) is 64.6 Å². The van der Waals surface area contributed by atoms with Crippen LogP contribution in [0.15, 0.2) is 65.8 Å². The molecule has 0 aliphatic heterocycles. The number of hydrogen-bond acceptors (Lipinski definition) is 5. The minimum absolute atomic E-state index is 0.111. The van der Waals surface area contributed by atoms with E-state index in [0.29, 0.717) is 23.7 Å². The Hall–Kier alpha value is -3.03. The molecular formula is C30H34ClN3O3S. The van der Waals surface area contributed by atoms with Crippen molar-refractivity contribution in [1.82, 2.24) is 14.5 Å².